The average Bonchev–Trinajstić information content (AvgIpc) is 1.90. The summed E-state index contributed by atoms with van der Waals surface area (Å²) in [6.07, 6.45) is 21.4. The number of imidazole rings is 2. The van der Waals surface area contributed by atoms with Crippen molar-refractivity contribution in [3.8, 4) is 5.75 Å². The minimum atomic E-state index is -0.393. The molecule has 1 aliphatic carbocycles. The summed E-state index contributed by atoms with van der Waals surface area (Å²) in [5, 5.41) is 10.3. The summed E-state index contributed by atoms with van der Waals surface area (Å²) >= 11 is 0. The molecule has 10 aromatic rings. The van der Waals surface area contributed by atoms with Gasteiger partial charge in [-0.25, -0.2) is 9.97 Å². The Morgan fingerprint density at radius 3 is 1.55 bits per heavy atom. The fraction of sp³-hybridized carbons (Fsp3) is 0.420. The number of rotatable bonds is 13. The van der Waals surface area contributed by atoms with Crippen molar-refractivity contribution in [1.29, 1.82) is 0 Å². The second kappa shape index (κ2) is 49.9. The van der Waals surface area contributed by atoms with E-state index in [2.05, 4.69) is 151 Å². The van der Waals surface area contributed by atoms with E-state index in [0.717, 1.165) is 133 Å². The van der Waals surface area contributed by atoms with Crippen molar-refractivity contribution >= 4 is 33.4 Å². The van der Waals surface area contributed by atoms with Crippen LogP contribution in [0.3, 0.4) is 0 Å². The van der Waals surface area contributed by atoms with E-state index in [-0.39, 0.29) is 5.69 Å². The molecule has 512 valence electrons. The number of ether oxygens (including phenoxy) is 2. The van der Waals surface area contributed by atoms with E-state index < -0.39 is 4.92 Å². The summed E-state index contributed by atoms with van der Waals surface area (Å²) in [7, 11) is 3.63. The highest BCUT2D eigenvalue weighted by atomic mass is 16.6. The number of para-hydroxylation sites is 4. The minimum Gasteiger partial charge on any atom is -0.497 e. The number of fused-ring (bicyclic) bond motifs is 2. The van der Waals surface area contributed by atoms with Crippen LogP contribution in [0.1, 0.15) is 160 Å². The van der Waals surface area contributed by atoms with Gasteiger partial charge in [-0.15, -0.1) is 0 Å². The standard InChI is InChI=1S/C9H12N2O2.C9H10N2.C9H12O.C9H12.C8H8N2.C8H17NO.C8H16.3C7H9N/c1-3-10(2)8-4-6-9(7-5-8)11(12)13;1-2-9-10-7-5-3-4-6-8(7)11-9;1-3-8-4-6-9(10-2)7-5-8;1-8(2)9-6-4-3-5-7-9;1-6-9-7-4-2-3-5-8(7)10-6;1-8(2)7-9-3-5-10-6-4-9;1-2-8-6-4-3-5-7-8;1-2-7-4-3-5-8-6-7;2*1-2-7-5-3-4-6-8-7/h4-7H,3H2,1-2H3;3-6H,2H2,1H3,(H,10,11);4-7H,3H2,1-2H3;3-8H,1-2H3;2-5H,1H3,(H,9,10);8H,3-7H2,1-2H3;8H,2-7H2,1H3;3*3-6H,2H2,1H3. The second-order valence-corrected chi connectivity index (χ2v) is 23.7. The smallest absolute Gasteiger partial charge is 0.269 e. The number of nitro groups is 1. The van der Waals surface area contributed by atoms with Gasteiger partial charge in [-0.3, -0.25) is 30.0 Å². The van der Waals surface area contributed by atoms with Gasteiger partial charge in [0, 0.05) is 93.6 Å². The van der Waals surface area contributed by atoms with Crippen LogP contribution in [0.4, 0.5) is 11.4 Å². The summed E-state index contributed by atoms with van der Waals surface area (Å²) < 4.78 is 10.3. The Balaban J connectivity index is 0.000000276. The number of non-ortho nitro benzene ring substituents is 1. The van der Waals surface area contributed by atoms with E-state index in [1.165, 1.54) is 73.9 Å². The van der Waals surface area contributed by atoms with Crippen LogP contribution in [0.25, 0.3) is 22.1 Å². The number of morpholine rings is 1. The molecule has 1 aliphatic heterocycles. The number of hydrogen-bond donors (Lipinski definition) is 2. The highest BCUT2D eigenvalue weighted by molar-refractivity contribution is 5.75. The first kappa shape index (κ1) is 80.6. The number of H-pyrrole nitrogens is 2. The number of aryl methyl sites for hydroxylation is 6. The molecule has 14 heteroatoms. The summed E-state index contributed by atoms with van der Waals surface area (Å²) in [5.41, 5.74) is 11.8. The van der Waals surface area contributed by atoms with E-state index in [1.807, 2.05) is 154 Å². The molecule has 0 atom stereocenters. The zero-order valence-electron chi connectivity index (χ0n) is 60.0. The van der Waals surface area contributed by atoms with Crippen LogP contribution < -0.4 is 9.64 Å². The molecule has 0 radical (unpaired) electrons. The Bertz CT molecular complexity index is 3240. The first-order chi connectivity index (χ1) is 46.1. The zero-order chi connectivity index (χ0) is 69.3. The summed E-state index contributed by atoms with van der Waals surface area (Å²) in [5.74, 6) is 5.50. The third-order valence-corrected chi connectivity index (χ3v) is 15.6. The molecular weight excluding hydrogens is 1180 g/mol. The van der Waals surface area contributed by atoms with Crippen molar-refractivity contribution in [1.82, 2.24) is 39.8 Å². The first-order valence-corrected chi connectivity index (χ1v) is 34.6. The first-order valence-electron chi connectivity index (χ1n) is 34.6. The maximum Gasteiger partial charge on any atom is 0.269 e. The van der Waals surface area contributed by atoms with Crippen LogP contribution in [0.2, 0.25) is 0 Å². The third-order valence-electron chi connectivity index (χ3n) is 15.6. The van der Waals surface area contributed by atoms with Crippen LogP contribution in [0.5, 0.6) is 5.75 Å². The number of pyridine rings is 3. The maximum absolute atomic E-state index is 10.3. The molecule has 0 bridgehead atoms. The lowest BCUT2D eigenvalue weighted by molar-refractivity contribution is -0.384. The number of methoxy groups -OCH3 is 1. The lowest BCUT2D eigenvalue weighted by Crippen LogP contribution is -2.38. The Kier molecular flexibility index (Phi) is 42.4. The lowest BCUT2D eigenvalue weighted by atomic mass is 9.88. The number of benzene rings is 5. The zero-order valence-corrected chi connectivity index (χ0v) is 60.0. The molecule has 2 fully saturated rings. The van der Waals surface area contributed by atoms with Gasteiger partial charge in [-0.2, -0.15) is 0 Å². The van der Waals surface area contributed by atoms with Crippen LogP contribution in [-0.2, 0) is 36.8 Å². The fourth-order valence-corrected chi connectivity index (χ4v) is 9.68. The van der Waals surface area contributed by atoms with Crippen LogP contribution in [0.15, 0.2) is 201 Å². The van der Waals surface area contributed by atoms with Crippen molar-refractivity contribution < 1.29 is 14.4 Å². The molecule has 0 amide bonds. The summed E-state index contributed by atoms with van der Waals surface area (Å²) in [4.78, 5) is 41.6. The Morgan fingerprint density at radius 1 is 0.600 bits per heavy atom. The maximum atomic E-state index is 10.3. The van der Waals surface area contributed by atoms with Crippen molar-refractivity contribution in [2.45, 2.75) is 160 Å². The molecule has 0 spiro atoms. The molecule has 5 aromatic carbocycles. The molecular formula is C81H114N10O4. The lowest BCUT2D eigenvalue weighted by Gasteiger charge is -2.27. The van der Waals surface area contributed by atoms with Gasteiger partial charge >= 0.3 is 0 Å². The quantitative estimate of drug-likeness (QED) is 0.0834. The van der Waals surface area contributed by atoms with Crippen molar-refractivity contribution in [2.75, 3.05) is 58.5 Å². The predicted octanol–water partition coefficient (Wildman–Crippen LogP) is 20.0. The molecule has 1 saturated heterocycles. The molecule has 6 heterocycles. The number of aromatic amines is 2. The van der Waals surface area contributed by atoms with Gasteiger partial charge in [0.2, 0.25) is 0 Å². The molecule has 12 rings (SSSR count). The molecule has 14 nitrogen and oxygen atoms in total. The highest BCUT2D eigenvalue weighted by Crippen LogP contribution is 2.25. The molecule has 95 heavy (non-hydrogen) atoms. The normalized spacial score (nSPS) is 12.2. The number of nitrogens with zero attached hydrogens (tertiary/aromatic N) is 8. The van der Waals surface area contributed by atoms with Gasteiger partial charge in [0.25, 0.3) is 5.69 Å². The average molecular weight is 1290 g/mol. The van der Waals surface area contributed by atoms with Crippen LogP contribution in [0, 0.1) is 28.9 Å². The number of hydrogen-bond acceptors (Lipinski definition) is 11. The topological polar surface area (TPSA) is 164 Å². The number of aromatic nitrogens is 7. The number of nitrogens with one attached hydrogen (secondary N) is 2. The molecule has 1 saturated carbocycles. The Morgan fingerprint density at radius 2 is 1.15 bits per heavy atom. The van der Waals surface area contributed by atoms with E-state index in [4.69, 9.17) is 9.47 Å². The number of nitro benzene ring substituents is 1. The van der Waals surface area contributed by atoms with E-state index in [1.54, 1.807) is 25.4 Å². The van der Waals surface area contributed by atoms with E-state index in [0.29, 0.717) is 5.92 Å². The molecule has 2 N–H and O–H groups in total. The fourth-order valence-electron chi connectivity index (χ4n) is 9.68. The van der Waals surface area contributed by atoms with E-state index in [9.17, 15) is 10.1 Å². The van der Waals surface area contributed by atoms with E-state index >= 15 is 0 Å². The Labute approximate surface area is 571 Å². The van der Waals surface area contributed by atoms with Gasteiger partial charge in [0.05, 0.1) is 47.3 Å². The van der Waals surface area contributed by atoms with Crippen molar-refractivity contribution in [3.63, 3.8) is 0 Å². The van der Waals surface area contributed by atoms with Gasteiger partial charge in [-0.05, 0) is 153 Å². The van der Waals surface area contributed by atoms with Gasteiger partial charge in [-0.1, -0.05) is 193 Å². The molecule has 5 aromatic heterocycles. The van der Waals surface area contributed by atoms with Gasteiger partial charge in [0.1, 0.15) is 17.4 Å². The molecule has 0 unspecified atom stereocenters. The third kappa shape index (κ3) is 35.5. The molecule has 2 aliphatic rings. The van der Waals surface area contributed by atoms with Crippen molar-refractivity contribution in [2.24, 2.45) is 11.8 Å². The number of anilines is 1. The largest absolute Gasteiger partial charge is 0.497 e. The predicted molar refractivity (Wildman–Crippen MR) is 401 cm³/mol. The van der Waals surface area contributed by atoms with Crippen LogP contribution >= 0.6 is 0 Å². The monoisotopic (exact) mass is 1290 g/mol. The highest BCUT2D eigenvalue weighted by Gasteiger charge is 2.11. The second-order valence-electron chi connectivity index (χ2n) is 23.7. The summed E-state index contributed by atoms with van der Waals surface area (Å²) in [6.45, 7) is 32.0. The minimum absolute atomic E-state index is 0.133. The summed E-state index contributed by atoms with van der Waals surface area (Å²) in [6, 6.07) is 57.2. The Hall–Kier alpha value is -8.59. The van der Waals surface area contributed by atoms with Crippen LogP contribution in [-0.4, -0.2) is 98.3 Å². The van der Waals surface area contributed by atoms with Crippen molar-refractivity contribution in [3.05, 3.63) is 251 Å². The van der Waals surface area contributed by atoms with Gasteiger partial charge < -0.3 is 24.3 Å². The SMILES string of the molecule is CC(C)CN1CCOCC1.CC(C)c1ccccc1.CCC1CCCCC1.CCN(C)c1ccc([N+](=O)[O-])cc1.CCc1ccc(OC)cc1.CCc1ccccn1.CCc1ccccn1.CCc1cccnc1.CCc1nc2ccccc2[nH]1.Cc1nc2ccccc2[nH]1. The van der Waals surface area contributed by atoms with Gasteiger partial charge in [0.15, 0.2) is 0 Å².